The Kier molecular flexibility index (Phi) is 5.13. The molecule has 0 aliphatic carbocycles. The van der Waals surface area contributed by atoms with Crippen molar-refractivity contribution in [3.05, 3.63) is 51.5 Å². The van der Waals surface area contributed by atoms with E-state index in [1.807, 2.05) is 13.0 Å². The Morgan fingerprint density at radius 1 is 1.00 bits per heavy atom. The smallest absolute Gasteiger partial charge is 0.314 e. The highest BCUT2D eigenvalue weighted by atomic mass is 35.5. The number of benzene rings is 2. The summed E-state index contributed by atoms with van der Waals surface area (Å²) in [7, 11) is 0. The van der Waals surface area contributed by atoms with Crippen molar-refractivity contribution >= 4 is 46.4 Å². The Balaban J connectivity index is 2.15. The largest absolute Gasteiger partial charge is 0.506 e. The van der Waals surface area contributed by atoms with Crippen LogP contribution in [0, 0.1) is 13.8 Å². The van der Waals surface area contributed by atoms with E-state index in [9.17, 15) is 14.7 Å². The van der Waals surface area contributed by atoms with Crippen molar-refractivity contribution in [2.45, 2.75) is 13.8 Å². The molecule has 5 nitrogen and oxygen atoms in total. The van der Waals surface area contributed by atoms with E-state index in [-0.39, 0.29) is 11.4 Å². The lowest BCUT2D eigenvalue weighted by molar-refractivity contribution is -0.133. The van der Waals surface area contributed by atoms with Crippen molar-refractivity contribution in [2.75, 3.05) is 10.6 Å². The first-order valence-electron chi connectivity index (χ1n) is 6.65. The van der Waals surface area contributed by atoms with E-state index in [1.54, 1.807) is 13.0 Å². The summed E-state index contributed by atoms with van der Waals surface area (Å²) in [6.07, 6.45) is 0. The third-order valence-corrected chi connectivity index (χ3v) is 3.62. The van der Waals surface area contributed by atoms with Gasteiger partial charge in [0.25, 0.3) is 0 Å². The molecule has 0 saturated heterocycles. The Morgan fingerprint density at radius 3 is 2.30 bits per heavy atom. The van der Waals surface area contributed by atoms with E-state index in [0.29, 0.717) is 15.7 Å². The maximum Gasteiger partial charge on any atom is 0.314 e. The Morgan fingerprint density at radius 2 is 1.65 bits per heavy atom. The van der Waals surface area contributed by atoms with Gasteiger partial charge in [0.15, 0.2) is 0 Å². The number of rotatable bonds is 2. The van der Waals surface area contributed by atoms with Crippen LogP contribution in [-0.2, 0) is 9.59 Å². The van der Waals surface area contributed by atoms with Crippen LogP contribution < -0.4 is 10.6 Å². The van der Waals surface area contributed by atoms with Gasteiger partial charge in [0.1, 0.15) is 5.75 Å². The van der Waals surface area contributed by atoms with Gasteiger partial charge in [-0.2, -0.15) is 0 Å². The van der Waals surface area contributed by atoms with Gasteiger partial charge >= 0.3 is 11.8 Å². The molecule has 0 radical (unpaired) electrons. The molecule has 2 amide bonds. The van der Waals surface area contributed by atoms with E-state index in [2.05, 4.69) is 10.6 Å². The lowest BCUT2D eigenvalue weighted by atomic mass is 10.1. The third-order valence-electron chi connectivity index (χ3n) is 3.08. The number of anilines is 2. The second-order valence-electron chi connectivity index (χ2n) is 5.01. The van der Waals surface area contributed by atoms with E-state index in [4.69, 9.17) is 23.2 Å². The van der Waals surface area contributed by atoms with Gasteiger partial charge in [0, 0.05) is 5.02 Å². The average Bonchev–Trinajstić information content (AvgIpc) is 2.46. The van der Waals surface area contributed by atoms with Gasteiger partial charge in [-0.05, 0) is 49.2 Å². The molecule has 3 N–H and O–H groups in total. The number of hydrogen-bond acceptors (Lipinski definition) is 3. The minimum absolute atomic E-state index is 0.0457. The highest BCUT2D eigenvalue weighted by Gasteiger charge is 2.18. The van der Waals surface area contributed by atoms with Crippen molar-refractivity contribution in [1.29, 1.82) is 0 Å². The molecular formula is C16H14Cl2N2O3. The maximum absolute atomic E-state index is 12.0. The van der Waals surface area contributed by atoms with Gasteiger partial charge in [-0.3, -0.25) is 9.59 Å². The molecule has 120 valence electrons. The Hall–Kier alpha value is -2.24. The van der Waals surface area contributed by atoms with Gasteiger partial charge in [-0.25, -0.2) is 0 Å². The number of carbonyl (C=O) groups is 2. The van der Waals surface area contributed by atoms with Crippen molar-refractivity contribution in [3.8, 4) is 5.75 Å². The van der Waals surface area contributed by atoms with Crippen LogP contribution in [0.15, 0.2) is 30.3 Å². The van der Waals surface area contributed by atoms with Crippen molar-refractivity contribution in [3.63, 3.8) is 0 Å². The van der Waals surface area contributed by atoms with Crippen LogP contribution in [0.25, 0.3) is 0 Å². The number of aryl methyl sites for hydroxylation is 2. The monoisotopic (exact) mass is 352 g/mol. The molecule has 0 saturated carbocycles. The van der Waals surface area contributed by atoms with E-state index in [0.717, 1.165) is 11.1 Å². The summed E-state index contributed by atoms with van der Waals surface area (Å²) in [5.41, 5.74) is 2.10. The van der Waals surface area contributed by atoms with Crippen LogP contribution in [0.5, 0.6) is 5.75 Å². The predicted molar refractivity (Wildman–Crippen MR) is 91.3 cm³/mol. The molecular weight excluding hydrogens is 339 g/mol. The Labute approximate surface area is 143 Å². The molecule has 23 heavy (non-hydrogen) atoms. The summed E-state index contributed by atoms with van der Waals surface area (Å²) in [5.74, 6) is -2.04. The fourth-order valence-corrected chi connectivity index (χ4v) is 2.57. The van der Waals surface area contributed by atoms with E-state index in [1.165, 1.54) is 18.2 Å². The Bertz CT molecular complexity index is 768. The molecule has 0 aliphatic rings. The molecule has 0 atom stereocenters. The second-order valence-corrected chi connectivity index (χ2v) is 5.85. The topological polar surface area (TPSA) is 78.4 Å². The molecule has 2 aromatic rings. The molecule has 0 unspecified atom stereocenters. The van der Waals surface area contributed by atoms with Gasteiger partial charge < -0.3 is 15.7 Å². The van der Waals surface area contributed by atoms with Crippen molar-refractivity contribution in [2.24, 2.45) is 0 Å². The van der Waals surface area contributed by atoms with Gasteiger partial charge in [0.2, 0.25) is 0 Å². The number of phenolic OH excluding ortho intramolecular Hbond substituents is 1. The van der Waals surface area contributed by atoms with Gasteiger partial charge in [-0.1, -0.05) is 29.3 Å². The van der Waals surface area contributed by atoms with E-state index < -0.39 is 11.8 Å². The summed E-state index contributed by atoms with van der Waals surface area (Å²) >= 11 is 11.9. The quantitative estimate of drug-likeness (QED) is 0.566. The number of hydrogen-bond donors (Lipinski definition) is 3. The third kappa shape index (κ3) is 4.15. The standard InChI is InChI=1S/C16H14Cl2N2O3/c1-8-5-9(2)14(11(18)6-8)20-16(23)15(22)19-12-7-10(17)3-4-13(12)21/h3-7,21H,1-2H3,(H,19,22)(H,20,23). The zero-order chi connectivity index (χ0) is 17.1. The van der Waals surface area contributed by atoms with Crippen molar-refractivity contribution in [1.82, 2.24) is 0 Å². The minimum Gasteiger partial charge on any atom is -0.506 e. The molecule has 0 fully saturated rings. The molecule has 0 bridgehead atoms. The zero-order valence-corrected chi connectivity index (χ0v) is 13.9. The van der Waals surface area contributed by atoms with E-state index >= 15 is 0 Å². The fraction of sp³-hybridized carbons (Fsp3) is 0.125. The first kappa shape index (κ1) is 17.1. The molecule has 0 aromatic heterocycles. The number of carbonyl (C=O) groups excluding carboxylic acids is 2. The highest BCUT2D eigenvalue weighted by molar-refractivity contribution is 6.45. The van der Waals surface area contributed by atoms with Crippen LogP contribution in [0.3, 0.4) is 0 Å². The SMILES string of the molecule is Cc1cc(C)c(NC(=O)C(=O)Nc2cc(Cl)ccc2O)c(Cl)c1. The lowest BCUT2D eigenvalue weighted by Crippen LogP contribution is -2.29. The number of amides is 2. The molecule has 0 aliphatic heterocycles. The maximum atomic E-state index is 12.0. The molecule has 0 heterocycles. The molecule has 7 heteroatoms. The summed E-state index contributed by atoms with van der Waals surface area (Å²) in [5, 5.41) is 15.1. The first-order chi connectivity index (χ1) is 10.8. The number of aromatic hydroxyl groups is 1. The van der Waals surface area contributed by atoms with Crippen LogP contribution in [0.2, 0.25) is 10.0 Å². The van der Waals surface area contributed by atoms with Crippen molar-refractivity contribution < 1.29 is 14.7 Å². The summed E-state index contributed by atoms with van der Waals surface area (Å²) in [6.45, 7) is 3.65. The normalized spacial score (nSPS) is 10.3. The average molecular weight is 353 g/mol. The van der Waals surface area contributed by atoms with Crippen LogP contribution >= 0.6 is 23.2 Å². The summed E-state index contributed by atoms with van der Waals surface area (Å²) in [6, 6.07) is 7.64. The lowest BCUT2D eigenvalue weighted by Gasteiger charge is -2.12. The van der Waals surface area contributed by atoms with Gasteiger partial charge in [0.05, 0.1) is 16.4 Å². The number of halogens is 2. The van der Waals surface area contributed by atoms with Crippen LogP contribution in [0.1, 0.15) is 11.1 Å². The van der Waals surface area contributed by atoms with Crippen LogP contribution in [-0.4, -0.2) is 16.9 Å². The molecule has 0 spiro atoms. The predicted octanol–water partition coefficient (Wildman–Crippen LogP) is 3.89. The summed E-state index contributed by atoms with van der Waals surface area (Å²) < 4.78 is 0. The second kappa shape index (κ2) is 6.89. The highest BCUT2D eigenvalue weighted by Crippen LogP contribution is 2.28. The fourth-order valence-electron chi connectivity index (χ4n) is 2.03. The molecule has 2 aromatic carbocycles. The number of nitrogens with one attached hydrogen (secondary N) is 2. The minimum atomic E-state index is -0.946. The molecule has 2 rings (SSSR count). The summed E-state index contributed by atoms with van der Waals surface area (Å²) in [4.78, 5) is 24.0. The zero-order valence-electron chi connectivity index (χ0n) is 12.4. The first-order valence-corrected chi connectivity index (χ1v) is 7.41. The number of phenols is 1. The van der Waals surface area contributed by atoms with Gasteiger partial charge in [-0.15, -0.1) is 0 Å². The van der Waals surface area contributed by atoms with Crippen LogP contribution in [0.4, 0.5) is 11.4 Å².